The van der Waals surface area contributed by atoms with Crippen molar-refractivity contribution in [1.82, 2.24) is 10.2 Å². The van der Waals surface area contributed by atoms with Gasteiger partial charge in [0.1, 0.15) is 11.9 Å². The largest absolute Gasteiger partial charge is 0.371 e. The average molecular weight is 537 g/mol. The van der Waals surface area contributed by atoms with Crippen LogP contribution in [0.15, 0.2) is 36.4 Å². The Kier molecular flexibility index (Phi) is 8.48. The molecule has 0 radical (unpaired) electrons. The molecule has 8 nitrogen and oxygen atoms in total. The van der Waals surface area contributed by atoms with Gasteiger partial charge >= 0.3 is 0 Å². The van der Waals surface area contributed by atoms with Gasteiger partial charge in [-0.3, -0.25) is 9.59 Å². The first-order valence-corrected chi connectivity index (χ1v) is 14.3. The molecular weight excluding hydrogens is 507 g/mol. The summed E-state index contributed by atoms with van der Waals surface area (Å²) in [5, 5.41) is 8.57. The Hall–Kier alpha value is -2.69. The van der Waals surface area contributed by atoms with Crippen molar-refractivity contribution in [3.63, 3.8) is 0 Å². The predicted octanol–water partition coefficient (Wildman–Crippen LogP) is 3.43. The van der Waals surface area contributed by atoms with Crippen LogP contribution in [0.25, 0.3) is 0 Å². The lowest BCUT2D eigenvalue weighted by Crippen LogP contribution is -2.43. The Labute approximate surface area is 215 Å². The van der Waals surface area contributed by atoms with E-state index in [1.165, 1.54) is 25.3 Å². The highest BCUT2D eigenvalue weighted by Gasteiger charge is 2.31. The molecule has 3 N–H and O–H groups in total. The average Bonchev–Trinajstić information content (AvgIpc) is 2.84. The van der Waals surface area contributed by atoms with E-state index in [0.717, 1.165) is 38.2 Å². The number of halogens is 2. The monoisotopic (exact) mass is 536 g/mol. The number of anilines is 2. The summed E-state index contributed by atoms with van der Waals surface area (Å²) >= 11 is 5.96. The van der Waals surface area contributed by atoms with Gasteiger partial charge in [-0.05, 0) is 74.8 Å². The van der Waals surface area contributed by atoms with Crippen molar-refractivity contribution in [2.45, 2.75) is 37.5 Å². The van der Waals surface area contributed by atoms with Crippen LogP contribution in [0, 0.1) is 5.82 Å². The topological polar surface area (TPSA) is 108 Å². The molecule has 0 unspecified atom stereocenters. The maximum Gasteiger partial charge on any atom is 0.251 e. The van der Waals surface area contributed by atoms with E-state index < -0.39 is 39.1 Å². The summed E-state index contributed by atoms with van der Waals surface area (Å²) in [5.41, 5.74) is 1.61. The van der Waals surface area contributed by atoms with Crippen LogP contribution in [0.5, 0.6) is 0 Å². The summed E-state index contributed by atoms with van der Waals surface area (Å²) < 4.78 is 38.7. The second kappa shape index (κ2) is 11.6. The van der Waals surface area contributed by atoms with Crippen molar-refractivity contribution in [2.75, 3.05) is 42.6 Å². The fourth-order valence-corrected chi connectivity index (χ4v) is 6.38. The molecule has 0 saturated carbocycles. The van der Waals surface area contributed by atoms with Crippen molar-refractivity contribution in [3.05, 3.63) is 58.4 Å². The smallest absolute Gasteiger partial charge is 0.251 e. The molecule has 11 heteroatoms. The van der Waals surface area contributed by atoms with Crippen LogP contribution in [0.1, 0.15) is 41.6 Å². The van der Waals surface area contributed by atoms with Crippen LogP contribution in [0.2, 0.25) is 5.02 Å². The molecule has 0 spiro atoms. The summed E-state index contributed by atoms with van der Waals surface area (Å²) in [6.45, 7) is 3.76. The number of piperidine rings is 1. The molecule has 0 aromatic heterocycles. The quantitative estimate of drug-likeness (QED) is 0.424. The molecule has 1 fully saturated rings. The lowest BCUT2D eigenvalue weighted by Gasteiger charge is -2.27. The molecule has 1 atom stereocenters. The maximum absolute atomic E-state index is 13.2. The minimum Gasteiger partial charge on any atom is -0.371 e. The van der Waals surface area contributed by atoms with Gasteiger partial charge in [-0.1, -0.05) is 24.1 Å². The van der Waals surface area contributed by atoms with Crippen molar-refractivity contribution >= 4 is 44.6 Å². The molecule has 4 rings (SSSR count). The summed E-state index contributed by atoms with van der Waals surface area (Å²) in [4.78, 5) is 27.6. The highest BCUT2D eigenvalue weighted by Crippen LogP contribution is 2.29. The molecule has 0 aliphatic carbocycles. The molecule has 1 saturated heterocycles. The molecule has 2 aromatic carbocycles. The normalized spacial score (nSPS) is 18.2. The van der Waals surface area contributed by atoms with E-state index in [9.17, 15) is 22.4 Å². The molecule has 2 aliphatic rings. The van der Waals surface area contributed by atoms with Gasteiger partial charge < -0.3 is 20.9 Å². The van der Waals surface area contributed by atoms with Gasteiger partial charge in [0.2, 0.25) is 5.91 Å². The lowest BCUT2D eigenvalue weighted by atomic mass is 10.1. The van der Waals surface area contributed by atoms with Crippen molar-refractivity contribution in [1.29, 1.82) is 0 Å². The van der Waals surface area contributed by atoms with Gasteiger partial charge in [0.25, 0.3) is 5.91 Å². The number of hydrogen-bond donors (Lipinski definition) is 3. The van der Waals surface area contributed by atoms with E-state index in [1.54, 1.807) is 18.2 Å². The van der Waals surface area contributed by atoms with Crippen molar-refractivity contribution in [3.8, 4) is 0 Å². The molecule has 2 amide bonds. The summed E-state index contributed by atoms with van der Waals surface area (Å²) in [5.74, 6) is -2.19. The van der Waals surface area contributed by atoms with Gasteiger partial charge in [-0.2, -0.15) is 0 Å². The molecule has 194 valence electrons. The molecule has 2 heterocycles. The summed E-state index contributed by atoms with van der Waals surface area (Å²) in [6.07, 6.45) is 4.62. The molecule has 2 aromatic rings. The highest BCUT2D eigenvalue weighted by molar-refractivity contribution is 7.90. The Bertz CT molecular complexity index is 1230. The Morgan fingerprint density at radius 2 is 1.89 bits per heavy atom. The van der Waals surface area contributed by atoms with Gasteiger partial charge in [-0.15, -0.1) is 0 Å². The molecule has 2 aliphatic heterocycles. The van der Waals surface area contributed by atoms with Crippen LogP contribution < -0.4 is 16.0 Å². The van der Waals surface area contributed by atoms with Gasteiger partial charge in [0, 0.05) is 17.1 Å². The minimum atomic E-state index is -3.75. The summed E-state index contributed by atoms with van der Waals surface area (Å²) in [7, 11) is -3.75. The number of carbonyl (C=O) groups is 2. The number of hydrogen-bond acceptors (Lipinski definition) is 6. The van der Waals surface area contributed by atoms with Gasteiger partial charge in [-0.25, -0.2) is 12.8 Å². The fourth-order valence-electron chi connectivity index (χ4n) is 4.48. The van der Waals surface area contributed by atoms with E-state index in [0.29, 0.717) is 23.5 Å². The van der Waals surface area contributed by atoms with E-state index in [1.807, 2.05) is 0 Å². The highest BCUT2D eigenvalue weighted by atomic mass is 35.5. The molecule has 36 heavy (non-hydrogen) atoms. The number of sulfone groups is 1. The van der Waals surface area contributed by atoms with Crippen LogP contribution >= 0.6 is 11.6 Å². The number of amides is 2. The third-order valence-corrected chi connectivity index (χ3v) is 8.33. The van der Waals surface area contributed by atoms with Crippen LogP contribution in [-0.4, -0.2) is 63.1 Å². The maximum atomic E-state index is 13.2. The zero-order valence-electron chi connectivity index (χ0n) is 19.9. The number of carbonyl (C=O) groups excluding carboxylic acids is 2. The third kappa shape index (κ3) is 6.96. The van der Waals surface area contributed by atoms with Crippen molar-refractivity contribution in [2.24, 2.45) is 0 Å². The van der Waals surface area contributed by atoms with E-state index in [2.05, 4.69) is 20.9 Å². The third-order valence-electron chi connectivity index (χ3n) is 6.38. The number of benzene rings is 2. The Balaban J connectivity index is 1.32. The minimum absolute atomic E-state index is 0.0160. The van der Waals surface area contributed by atoms with Crippen LogP contribution in [-0.2, 0) is 20.4 Å². The first kappa shape index (κ1) is 26.4. The molecular formula is C25H30ClFN4O4S. The fraction of sp³-hybridized carbons (Fsp3) is 0.440. The SMILES string of the molecule is O=C(NCCCN1CCCCC1)c1ccc2c(c1)NC(=O)[C@@H](CS(=O)(=O)Cc1ccc(F)cc1Cl)N2. The van der Waals surface area contributed by atoms with Crippen LogP contribution in [0.4, 0.5) is 15.8 Å². The molecule has 0 bridgehead atoms. The first-order valence-electron chi connectivity index (χ1n) is 12.1. The Morgan fingerprint density at radius 3 is 2.64 bits per heavy atom. The Morgan fingerprint density at radius 1 is 1.11 bits per heavy atom. The number of nitrogens with one attached hydrogen (secondary N) is 3. The zero-order chi connectivity index (χ0) is 25.7. The predicted molar refractivity (Wildman–Crippen MR) is 139 cm³/mol. The first-order chi connectivity index (χ1) is 17.2. The standard InChI is InChI=1S/C25H30ClFN4O4S/c26-20-14-19(27)7-5-18(20)15-36(34,35)16-23-25(33)30-22-13-17(6-8-21(22)29-23)24(32)28-9-4-12-31-10-2-1-3-11-31/h5-8,13-14,23,29H,1-4,9-12,15-16H2,(H,28,32)(H,30,33)/t23-/m1/s1. The van der Waals surface area contributed by atoms with E-state index in [-0.39, 0.29) is 16.5 Å². The van der Waals surface area contributed by atoms with E-state index in [4.69, 9.17) is 11.6 Å². The number of likely N-dealkylation sites (tertiary alicyclic amines) is 1. The summed E-state index contributed by atoms with van der Waals surface area (Å²) in [6, 6.07) is 7.34. The number of fused-ring (bicyclic) bond motifs is 1. The second-order valence-electron chi connectivity index (χ2n) is 9.25. The number of rotatable bonds is 9. The lowest BCUT2D eigenvalue weighted by molar-refractivity contribution is -0.116. The van der Waals surface area contributed by atoms with Gasteiger partial charge in [0.05, 0.1) is 22.9 Å². The number of nitrogens with zero attached hydrogens (tertiary/aromatic N) is 1. The zero-order valence-corrected chi connectivity index (χ0v) is 21.4. The van der Waals surface area contributed by atoms with Gasteiger partial charge in [0.15, 0.2) is 9.84 Å². The van der Waals surface area contributed by atoms with Crippen molar-refractivity contribution < 1.29 is 22.4 Å². The van der Waals surface area contributed by atoms with Crippen LogP contribution in [0.3, 0.4) is 0 Å². The van der Waals surface area contributed by atoms with E-state index >= 15 is 0 Å². The second-order valence-corrected chi connectivity index (χ2v) is 11.8.